The van der Waals surface area contributed by atoms with Gasteiger partial charge in [0.05, 0.1) is 0 Å². The van der Waals surface area contributed by atoms with Crippen LogP contribution in [-0.2, 0) is 10.2 Å². The van der Waals surface area contributed by atoms with Gasteiger partial charge in [-0.2, -0.15) is 17.0 Å². The highest BCUT2D eigenvalue weighted by Crippen LogP contribution is 2.31. The maximum Gasteiger partial charge on any atom is 0.281 e. The van der Waals surface area contributed by atoms with Crippen molar-refractivity contribution in [2.45, 2.75) is 32.6 Å². The van der Waals surface area contributed by atoms with Crippen LogP contribution in [0.4, 0.5) is 0 Å². The molecule has 0 aromatic rings. The lowest BCUT2D eigenvalue weighted by molar-refractivity contribution is 0.259. The van der Waals surface area contributed by atoms with Crippen molar-refractivity contribution < 1.29 is 8.42 Å². The third-order valence-electron chi connectivity index (χ3n) is 3.86. The minimum absolute atomic E-state index is 0.315. The van der Waals surface area contributed by atoms with E-state index in [-0.39, 0.29) is 0 Å². The fourth-order valence-corrected chi connectivity index (χ4v) is 4.56. The van der Waals surface area contributed by atoms with Crippen molar-refractivity contribution in [3.63, 3.8) is 0 Å². The van der Waals surface area contributed by atoms with Crippen LogP contribution in [0, 0.1) is 11.8 Å². The highest BCUT2D eigenvalue weighted by Gasteiger charge is 2.35. The summed E-state index contributed by atoms with van der Waals surface area (Å²) in [5, 5.41) is 0. The Hall–Kier alpha value is 0.160. The maximum atomic E-state index is 12.6. The first-order valence-electron chi connectivity index (χ1n) is 6.89. The summed E-state index contributed by atoms with van der Waals surface area (Å²) in [6.07, 6.45) is 4.33. The Morgan fingerprint density at radius 2 is 2.00 bits per heavy atom. The third-order valence-corrected chi connectivity index (χ3v) is 6.34. The molecule has 0 aromatic carbocycles. The summed E-state index contributed by atoms with van der Waals surface area (Å²) >= 11 is 5.87. The molecule has 0 amide bonds. The number of alkyl halides is 1. The van der Waals surface area contributed by atoms with E-state index in [1.54, 1.807) is 8.61 Å². The van der Waals surface area contributed by atoms with E-state index < -0.39 is 10.2 Å². The Balaban J connectivity index is 2.02. The lowest BCUT2D eigenvalue weighted by atomic mass is 10.0. The third kappa shape index (κ3) is 3.38. The molecule has 1 heterocycles. The van der Waals surface area contributed by atoms with E-state index in [1.165, 1.54) is 12.8 Å². The van der Waals surface area contributed by atoms with Gasteiger partial charge in [-0.15, -0.1) is 11.6 Å². The average molecular weight is 295 g/mol. The summed E-state index contributed by atoms with van der Waals surface area (Å²) in [5.41, 5.74) is 0. The van der Waals surface area contributed by atoms with Crippen molar-refractivity contribution in [2.24, 2.45) is 11.8 Å². The fourth-order valence-electron chi connectivity index (χ4n) is 2.50. The van der Waals surface area contributed by atoms with Gasteiger partial charge in [-0.05, 0) is 37.5 Å². The zero-order valence-electron chi connectivity index (χ0n) is 11.0. The van der Waals surface area contributed by atoms with Crippen LogP contribution in [0.25, 0.3) is 0 Å². The minimum atomic E-state index is -3.26. The molecule has 18 heavy (non-hydrogen) atoms. The molecular formula is C12H23ClN2O2S. The van der Waals surface area contributed by atoms with Gasteiger partial charge >= 0.3 is 0 Å². The van der Waals surface area contributed by atoms with Crippen LogP contribution in [0.3, 0.4) is 0 Å². The Labute approximate surface area is 115 Å². The van der Waals surface area contributed by atoms with E-state index in [0.717, 1.165) is 12.8 Å². The first kappa shape index (κ1) is 14.6. The average Bonchev–Trinajstić information content (AvgIpc) is 3.19. The SMILES string of the molecule is CCN(CC1CC1)S(=O)(=O)N1CCCC(CCl)C1. The summed E-state index contributed by atoms with van der Waals surface area (Å²) in [5.74, 6) is 1.46. The predicted molar refractivity (Wildman–Crippen MR) is 73.9 cm³/mol. The molecule has 1 atom stereocenters. The molecule has 2 aliphatic rings. The Kier molecular flexibility index (Phi) is 4.92. The number of nitrogens with zero attached hydrogens (tertiary/aromatic N) is 2. The topological polar surface area (TPSA) is 40.6 Å². The standard InChI is InChI=1S/C12H23ClN2O2S/c1-2-14(9-11-5-6-11)18(16,17)15-7-3-4-12(8-13)10-15/h11-12H,2-10H2,1H3. The lowest BCUT2D eigenvalue weighted by Crippen LogP contribution is -2.48. The Bertz CT molecular complexity index is 370. The highest BCUT2D eigenvalue weighted by atomic mass is 35.5. The van der Waals surface area contributed by atoms with Crippen LogP contribution in [0.1, 0.15) is 32.6 Å². The molecule has 0 spiro atoms. The largest absolute Gasteiger partial charge is 0.281 e. The second-order valence-electron chi connectivity index (χ2n) is 5.42. The van der Waals surface area contributed by atoms with Gasteiger partial charge in [0.1, 0.15) is 0 Å². The van der Waals surface area contributed by atoms with Gasteiger partial charge in [0.2, 0.25) is 0 Å². The molecule has 106 valence electrons. The van der Waals surface area contributed by atoms with Gasteiger partial charge in [0.15, 0.2) is 0 Å². The van der Waals surface area contributed by atoms with E-state index in [4.69, 9.17) is 11.6 Å². The molecule has 0 radical (unpaired) electrons. The smallest absolute Gasteiger partial charge is 0.195 e. The number of rotatable bonds is 6. The first-order valence-corrected chi connectivity index (χ1v) is 8.82. The maximum absolute atomic E-state index is 12.6. The summed E-state index contributed by atoms with van der Waals surface area (Å²) in [4.78, 5) is 0. The van der Waals surface area contributed by atoms with Crippen LogP contribution in [0.2, 0.25) is 0 Å². The molecule has 0 aromatic heterocycles. The minimum Gasteiger partial charge on any atom is -0.195 e. The lowest BCUT2D eigenvalue weighted by Gasteiger charge is -2.34. The van der Waals surface area contributed by atoms with Gasteiger partial charge < -0.3 is 0 Å². The molecular weight excluding hydrogens is 272 g/mol. The van der Waals surface area contributed by atoms with Crippen molar-refractivity contribution >= 4 is 21.8 Å². The monoisotopic (exact) mass is 294 g/mol. The van der Waals surface area contributed by atoms with Gasteiger partial charge in [-0.25, -0.2) is 0 Å². The molecule has 1 saturated carbocycles. The molecule has 0 bridgehead atoms. The number of halogens is 1. The first-order chi connectivity index (χ1) is 8.57. The van der Waals surface area contributed by atoms with Crippen molar-refractivity contribution in [1.29, 1.82) is 0 Å². The summed E-state index contributed by atoms with van der Waals surface area (Å²) in [6, 6.07) is 0. The fraction of sp³-hybridized carbons (Fsp3) is 1.00. The Morgan fingerprint density at radius 3 is 2.56 bits per heavy atom. The normalized spacial score (nSPS) is 26.7. The second-order valence-corrected chi connectivity index (χ2v) is 7.66. The van der Waals surface area contributed by atoms with Crippen molar-refractivity contribution in [1.82, 2.24) is 8.61 Å². The van der Waals surface area contributed by atoms with E-state index in [9.17, 15) is 8.42 Å². The zero-order chi connectivity index (χ0) is 13.2. The van der Waals surface area contributed by atoms with Crippen molar-refractivity contribution in [2.75, 3.05) is 32.1 Å². The van der Waals surface area contributed by atoms with E-state index >= 15 is 0 Å². The van der Waals surface area contributed by atoms with E-state index in [2.05, 4.69) is 0 Å². The van der Waals surface area contributed by atoms with Crippen LogP contribution in [0.15, 0.2) is 0 Å². The van der Waals surface area contributed by atoms with E-state index in [0.29, 0.717) is 43.9 Å². The van der Waals surface area contributed by atoms with Gasteiger partial charge in [-0.1, -0.05) is 6.92 Å². The molecule has 0 N–H and O–H groups in total. The molecule has 1 saturated heterocycles. The molecule has 6 heteroatoms. The molecule has 2 rings (SSSR count). The molecule has 1 aliphatic heterocycles. The number of hydrogen-bond acceptors (Lipinski definition) is 2. The van der Waals surface area contributed by atoms with Gasteiger partial charge in [0.25, 0.3) is 10.2 Å². The van der Waals surface area contributed by atoms with Crippen LogP contribution in [-0.4, -0.2) is 49.1 Å². The predicted octanol–water partition coefficient (Wildman–Crippen LogP) is 1.91. The highest BCUT2D eigenvalue weighted by molar-refractivity contribution is 7.86. The van der Waals surface area contributed by atoms with Gasteiger partial charge in [0, 0.05) is 32.1 Å². The molecule has 1 aliphatic carbocycles. The summed E-state index contributed by atoms with van der Waals surface area (Å²) in [6.45, 7) is 4.43. The summed E-state index contributed by atoms with van der Waals surface area (Å²) < 4.78 is 28.4. The zero-order valence-corrected chi connectivity index (χ0v) is 12.6. The molecule has 4 nitrogen and oxygen atoms in total. The quantitative estimate of drug-likeness (QED) is 0.702. The van der Waals surface area contributed by atoms with Crippen molar-refractivity contribution in [3.05, 3.63) is 0 Å². The second kappa shape index (κ2) is 6.07. The number of hydrogen-bond donors (Lipinski definition) is 0. The van der Waals surface area contributed by atoms with Gasteiger partial charge in [-0.3, -0.25) is 0 Å². The van der Waals surface area contributed by atoms with E-state index in [1.807, 2.05) is 6.92 Å². The summed E-state index contributed by atoms with van der Waals surface area (Å²) in [7, 11) is -3.26. The molecule has 2 fully saturated rings. The van der Waals surface area contributed by atoms with Crippen LogP contribution < -0.4 is 0 Å². The number of piperidine rings is 1. The molecule has 1 unspecified atom stereocenters. The van der Waals surface area contributed by atoms with Crippen LogP contribution in [0.5, 0.6) is 0 Å². The van der Waals surface area contributed by atoms with Crippen LogP contribution >= 0.6 is 11.6 Å². The Morgan fingerprint density at radius 1 is 1.28 bits per heavy atom. The van der Waals surface area contributed by atoms with Crippen molar-refractivity contribution in [3.8, 4) is 0 Å².